The smallest absolute Gasteiger partial charge is 0.354 e. The summed E-state index contributed by atoms with van der Waals surface area (Å²) >= 11 is 0. The molecule has 2 N–H and O–H groups in total. The van der Waals surface area contributed by atoms with Crippen LogP contribution in [-0.4, -0.2) is 32.6 Å². The van der Waals surface area contributed by atoms with Gasteiger partial charge in [0.1, 0.15) is 0 Å². The van der Waals surface area contributed by atoms with Gasteiger partial charge in [0.05, 0.1) is 5.52 Å². The highest BCUT2D eigenvalue weighted by Crippen LogP contribution is 2.13. The number of rotatable bonds is 5. The number of aromatic carboxylic acids is 1. The van der Waals surface area contributed by atoms with E-state index in [1.165, 1.54) is 17.8 Å². The van der Waals surface area contributed by atoms with Crippen LogP contribution in [0.25, 0.3) is 10.9 Å². The zero-order chi connectivity index (χ0) is 15.4. The monoisotopic (exact) mass is 294 g/mol. The van der Waals surface area contributed by atoms with Crippen LogP contribution in [0.15, 0.2) is 48.8 Å². The Morgan fingerprint density at radius 1 is 1.14 bits per heavy atom. The van der Waals surface area contributed by atoms with Crippen molar-refractivity contribution in [2.24, 2.45) is 0 Å². The maximum absolute atomic E-state index is 10.8. The molecule has 0 unspecified atom stereocenters. The standard InChI is InChI=1S/C16H14N4O2/c21-15(22)14-6-9-19-16(20-14)18-8-5-11-3-4-13-12(10-11)2-1-7-17-13/h1-4,6-7,9-10H,5,8H2,(H,21,22)(H,18,19,20). The quantitative estimate of drug-likeness (QED) is 0.751. The molecule has 0 radical (unpaired) electrons. The van der Waals surface area contributed by atoms with Crippen LogP contribution in [0.3, 0.4) is 0 Å². The summed E-state index contributed by atoms with van der Waals surface area (Å²) in [6.07, 6.45) is 3.99. The topological polar surface area (TPSA) is 88.0 Å². The molecule has 2 aromatic heterocycles. The van der Waals surface area contributed by atoms with Gasteiger partial charge >= 0.3 is 5.97 Å². The molecule has 6 nitrogen and oxygen atoms in total. The van der Waals surface area contributed by atoms with Gasteiger partial charge in [0.15, 0.2) is 5.69 Å². The Kier molecular flexibility index (Phi) is 3.91. The number of fused-ring (bicyclic) bond motifs is 1. The minimum absolute atomic E-state index is 0.0192. The van der Waals surface area contributed by atoms with Crippen LogP contribution in [0.4, 0.5) is 5.95 Å². The second kappa shape index (κ2) is 6.17. The van der Waals surface area contributed by atoms with Crippen molar-refractivity contribution in [1.82, 2.24) is 15.0 Å². The van der Waals surface area contributed by atoms with E-state index < -0.39 is 5.97 Å². The molecule has 0 amide bonds. The average molecular weight is 294 g/mol. The fourth-order valence-electron chi connectivity index (χ4n) is 2.16. The normalized spacial score (nSPS) is 10.5. The lowest BCUT2D eigenvalue weighted by atomic mass is 10.1. The van der Waals surface area contributed by atoms with E-state index in [0.29, 0.717) is 12.5 Å². The molecule has 6 heteroatoms. The lowest BCUT2D eigenvalue weighted by Crippen LogP contribution is -2.10. The van der Waals surface area contributed by atoms with E-state index in [4.69, 9.17) is 5.11 Å². The van der Waals surface area contributed by atoms with Crippen LogP contribution in [0.5, 0.6) is 0 Å². The van der Waals surface area contributed by atoms with Crippen LogP contribution in [0.1, 0.15) is 16.1 Å². The number of carboxylic acid groups (broad SMARTS) is 1. The molecule has 3 rings (SSSR count). The molecular weight excluding hydrogens is 280 g/mol. The van der Waals surface area contributed by atoms with Crippen molar-refractivity contribution in [2.45, 2.75) is 6.42 Å². The van der Waals surface area contributed by atoms with Gasteiger partial charge in [-0.25, -0.2) is 14.8 Å². The molecule has 0 saturated heterocycles. The number of carbonyl (C=O) groups is 1. The third-order valence-corrected chi connectivity index (χ3v) is 3.24. The molecule has 0 spiro atoms. The van der Waals surface area contributed by atoms with Crippen molar-refractivity contribution in [3.05, 3.63) is 60.0 Å². The maximum Gasteiger partial charge on any atom is 0.354 e. The minimum atomic E-state index is -1.06. The number of benzene rings is 1. The van der Waals surface area contributed by atoms with Crippen molar-refractivity contribution in [3.8, 4) is 0 Å². The van der Waals surface area contributed by atoms with Crippen LogP contribution in [-0.2, 0) is 6.42 Å². The summed E-state index contributed by atoms with van der Waals surface area (Å²) in [4.78, 5) is 23.1. The van der Waals surface area contributed by atoms with Gasteiger partial charge in [-0.2, -0.15) is 0 Å². The van der Waals surface area contributed by atoms with Crippen molar-refractivity contribution < 1.29 is 9.90 Å². The van der Waals surface area contributed by atoms with Crippen LogP contribution >= 0.6 is 0 Å². The van der Waals surface area contributed by atoms with Gasteiger partial charge in [0.25, 0.3) is 0 Å². The fourth-order valence-corrected chi connectivity index (χ4v) is 2.16. The van der Waals surface area contributed by atoms with E-state index in [2.05, 4.69) is 26.3 Å². The van der Waals surface area contributed by atoms with Crippen LogP contribution in [0.2, 0.25) is 0 Å². The summed E-state index contributed by atoms with van der Waals surface area (Å²) in [6, 6.07) is 11.4. The third kappa shape index (κ3) is 3.17. The zero-order valence-electron chi connectivity index (χ0n) is 11.7. The Balaban J connectivity index is 1.64. The van der Waals surface area contributed by atoms with E-state index in [-0.39, 0.29) is 5.69 Å². The first-order valence-electron chi connectivity index (χ1n) is 6.86. The molecule has 1 aromatic carbocycles. The summed E-state index contributed by atoms with van der Waals surface area (Å²) in [5, 5.41) is 13.0. The predicted octanol–water partition coefficient (Wildman–Crippen LogP) is 2.38. The van der Waals surface area contributed by atoms with Crippen LogP contribution in [0, 0.1) is 0 Å². The number of anilines is 1. The Hall–Kier alpha value is -3.02. The highest BCUT2D eigenvalue weighted by molar-refractivity contribution is 5.85. The first-order valence-corrected chi connectivity index (χ1v) is 6.86. The number of hydrogen-bond donors (Lipinski definition) is 2. The van der Waals surface area contributed by atoms with E-state index in [1.54, 1.807) is 6.20 Å². The Morgan fingerprint density at radius 2 is 2.05 bits per heavy atom. The second-order valence-corrected chi connectivity index (χ2v) is 4.78. The van der Waals surface area contributed by atoms with Crippen molar-refractivity contribution in [2.75, 3.05) is 11.9 Å². The zero-order valence-corrected chi connectivity index (χ0v) is 11.7. The van der Waals surface area contributed by atoms with Gasteiger partial charge in [0, 0.05) is 24.3 Å². The SMILES string of the molecule is O=C(O)c1ccnc(NCCc2ccc3ncccc3c2)n1. The van der Waals surface area contributed by atoms with Gasteiger partial charge in [-0.05, 0) is 36.2 Å². The Morgan fingerprint density at radius 3 is 2.91 bits per heavy atom. The second-order valence-electron chi connectivity index (χ2n) is 4.78. The molecule has 0 aliphatic heterocycles. The molecule has 0 aliphatic rings. The van der Waals surface area contributed by atoms with Gasteiger partial charge in [-0.1, -0.05) is 12.1 Å². The number of aromatic nitrogens is 3. The highest BCUT2D eigenvalue weighted by Gasteiger charge is 2.05. The third-order valence-electron chi connectivity index (χ3n) is 3.24. The summed E-state index contributed by atoms with van der Waals surface area (Å²) in [7, 11) is 0. The number of nitrogens with one attached hydrogen (secondary N) is 1. The predicted molar refractivity (Wildman–Crippen MR) is 82.9 cm³/mol. The molecule has 0 bridgehead atoms. The molecule has 3 aromatic rings. The summed E-state index contributed by atoms with van der Waals surface area (Å²) < 4.78 is 0. The highest BCUT2D eigenvalue weighted by atomic mass is 16.4. The van der Waals surface area contributed by atoms with Gasteiger partial charge in [-0.3, -0.25) is 4.98 Å². The van der Waals surface area contributed by atoms with E-state index in [9.17, 15) is 4.79 Å². The summed E-state index contributed by atoms with van der Waals surface area (Å²) in [6.45, 7) is 0.620. The first kappa shape index (κ1) is 13.9. The number of nitrogens with zero attached hydrogens (tertiary/aromatic N) is 3. The molecule has 2 heterocycles. The molecule has 110 valence electrons. The van der Waals surface area contributed by atoms with E-state index in [0.717, 1.165) is 17.3 Å². The van der Waals surface area contributed by atoms with Gasteiger partial charge < -0.3 is 10.4 Å². The van der Waals surface area contributed by atoms with Crippen LogP contribution < -0.4 is 5.32 Å². The Labute approximate surface area is 126 Å². The average Bonchev–Trinajstić information content (AvgIpc) is 2.55. The van der Waals surface area contributed by atoms with Gasteiger partial charge in [0.2, 0.25) is 5.95 Å². The molecule has 22 heavy (non-hydrogen) atoms. The summed E-state index contributed by atoms with van der Waals surface area (Å²) in [5.41, 5.74) is 2.12. The van der Waals surface area contributed by atoms with Crippen molar-refractivity contribution in [3.63, 3.8) is 0 Å². The molecule has 0 aliphatic carbocycles. The van der Waals surface area contributed by atoms with Crippen molar-refractivity contribution in [1.29, 1.82) is 0 Å². The maximum atomic E-state index is 10.8. The van der Waals surface area contributed by atoms with Crippen molar-refractivity contribution >= 4 is 22.8 Å². The molecule has 0 fully saturated rings. The molecule has 0 atom stereocenters. The first-order chi connectivity index (χ1) is 10.7. The lowest BCUT2D eigenvalue weighted by molar-refractivity contribution is 0.0690. The number of carboxylic acids is 1. The largest absolute Gasteiger partial charge is 0.477 e. The molecule has 0 saturated carbocycles. The number of pyridine rings is 1. The lowest BCUT2D eigenvalue weighted by Gasteiger charge is -2.06. The fraction of sp³-hybridized carbons (Fsp3) is 0.125. The Bertz CT molecular complexity index is 820. The summed E-state index contributed by atoms with van der Waals surface area (Å²) in [5.74, 6) is -0.741. The number of hydrogen-bond acceptors (Lipinski definition) is 5. The van der Waals surface area contributed by atoms with E-state index >= 15 is 0 Å². The van der Waals surface area contributed by atoms with E-state index in [1.807, 2.05) is 24.3 Å². The minimum Gasteiger partial charge on any atom is -0.477 e. The molecular formula is C16H14N4O2. The van der Waals surface area contributed by atoms with Gasteiger partial charge in [-0.15, -0.1) is 0 Å².